The van der Waals surface area contributed by atoms with Crippen LogP contribution in [0.3, 0.4) is 0 Å². The van der Waals surface area contributed by atoms with E-state index in [0.717, 1.165) is 43.1 Å². The largest absolute Gasteiger partial charge is 0.370 e. The summed E-state index contributed by atoms with van der Waals surface area (Å²) in [5.74, 6) is 0.811. The van der Waals surface area contributed by atoms with Crippen molar-refractivity contribution in [3.63, 3.8) is 0 Å². The Morgan fingerprint density at radius 1 is 1.29 bits per heavy atom. The monoisotopic (exact) mass is 286 g/mol. The van der Waals surface area contributed by atoms with E-state index in [1.807, 2.05) is 24.0 Å². The zero-order valence-electron chi connectivity index (χ0n) is 12.0. The molecule has 0 radical (unpaired) electrons. The summed E-state index contributed by atoms with van der Waals surface area (Å²) in [6, 6.07) is 0.261. The van der Waals surface area contributed by atoms with Crippen molar-refractivity contribution in [2.75, 3.05) is 13.1 Å². The van der Waals surface area contributed by atoms with Gasteiger partial charge in [0.15, 0.2) is 0 Å². The molecule has 2 aromatic heterocycles. The first kappa shape index (κ1) is 12.8. The molecule has 4 heterocycles. The third kappa shape index (κ3) is 2.43. The minimum absolute atomic E-state index is 0.254. The molecule has 2 atom stereocenters. The van der Waals surface area contributed by atoms with Gasteiger partial charge in [-0.2, -0.15) is 0 Å². The fourth-order valence-corrected chi connectivity index (χ4v) is 3.15. The Kier molecular flexibility index (Phi) is 3.16. The van der Waals surface area contributed by atoms with Crippen LogP contribution in [-0.4, -0.2) is 49.1 Å². The Bertz CT molecular complexity index is 625. The normalized spacial score (nSPS) is 25.4. The average Bonchev–Trinajstić information content (AvgIpc) is 2.98. The summed E-state index contributed by atoms with van der Waals surface area (Å²) in [6.07, 6.45) is 6.89. The second kappa shape index (κ2) is 5.16. The molecule has 2 aromatic rings. The Labute approximate surface area is 123 Å². The van der Waals surface area contributed by atoms with E-state index in [2.05, 4.69) is 25.2 Å². The van der Waals surface area contributed by atoms with Crippen LogP contribution in [0.4, 0.5) is 0 Å². The van der Waals surface area contributed by atoms with E-state index in [0.29, 0.717) is 6.61 Å². The molecule has 0 unspecified atom stereocenters. The van der Waals surface area contributed by atoms with Gasteiger partial charge >= 0.3 is 0 Å². The number of likely N-dealkylation sites (tertiary alicyclic amines) is 1. The zero-order valence-corrected chi connectivity index (χ0v) is 12.0. The predicted molar refractivity (Wildman–Crippen MR) is 74.3 cm³/mol. The molecule has 2 aliphatic rings. The van der Waals surface area contributed by atoms with Crippen molar-refractivity contribution in [3.8, 4) is 0 Å². The lowest BCUT2D eigenvalue weighted by Gasteiger charge is -2.40. The fourth-order valence-electron chi connectivity index (χ4n) is 3.15. The first-order valence-corrected chi connectivity index (χ1v) is 7.30. The third-order valence-corrected chi connectivity index (χ3v) is 4.25. The van der Waals surface area contributed by atoms with Crippen molar-refractivity contribution in [2.45, 2.75) is 38.6 Å². The summed E-state index contributed by atoms with van der Waals surface area (Å²) in [5, 5.41) is 8.24. The average molecular weight is 286 g/mol. The van der Waals surface area contributed by atoms with Crippen molar-refractivity contribution in [1.29, 1.82) is 0 Å². The molecule has 2 aliphatic heterocycles. The van der Waals surface area contributed by atoms with Crippen LogP contribution in [0.25, 0.3) is 0 Å². The summed E-state index contributed by atoms with van der Waals surface area (Å²) < 4.78 is 7.96. The molecule has 7 heteroatoms. The highest BCUT2D eigenvalue weighted by Crippen LogP contribution is 2.30. The van der Waals surface area contributed by atoms with Gasteiger partial charge in [-0.05, 0) is 13.3 Å². The highest BCUT2D eigenvalue weighted by Gasteiger charge is 2.36. The number of rotatable bonds is 2. The number of hydrogen-bond acceptors (Lipinski definition) is 6. The van der Waals surface area contributed by atoms with Gasteiger partial charge in [0.2, 0.25) is 0 Å². The molecule has 1 saturated heterocycles. The predicted octanol–water partition coefficient (Wildman–Crippen LogP) is 0.722. The quantitative estimate of drug-likeness (QED) is 0.810. The Hall–Kier alpha value is -1.86. The van der Waals surface area contributed by atoms with Gasteiger partial charge in [0, 0.05) is 37.6 Å². The maximum Gasteiger partial charge on any atom is 0.125 e. The minimum atomic E-state index is 0.254. The molecule has 7 nitrogen and oxygen atoms in total. The molecule has 0 aliphatic carbocycles. The van der Waals surface area contributed by atoms with Crippen molar-refractivity contribution >= 4 is 0 Å². The van der Waals surface area contributed by atoms with Crippen molar-refractivity contribution in [2.24, 2.45) is 0 Å². The van der Waals surface area contributed by atoms with Crippen LogP contribution >= 0.6 is 0 Å². The van der Waals surface area contributed by atoms with Gasteiger partial charge in [0.05, 0.1) is 30.6 Å². The van der Waals surface area contributed by atoms with Crippen LogP contribution in [0.2, 0.25) is 0 Å². The molecular formula is C14H18N6O. The SMILES string of the molecule is Cc1ncc(CN2CC[C@H]3OCc4cnnn4[C@H]3C2)cn1. The second-order valence-electron chi connectivity index (χ2n) is 5.75. The van der Waals surface area contributed by atoms with Crippen LogP contribution in [0.15, 0.2) is 18.6 Å². The maximum absolute atomic E-state index is 5.93. The second-order valence-corrected chi connectivity index (χ2v) is 5.75. The zero-order chi connectivity index (χ0) is 14.2. The van der Waals surface area contributed by atoms with E-state index < -0.39 is 0 Å². The molecule has 4 rings (SSSR count). The fraction of sp³-hybridized carbons (Fsp3) is 0.571. The number of aromatic nitrogens is 5. The van der Waals surface area contributed by atoms with Gasteiger partial charge < -0.3 is 4.74 Å². The molecule has 0 saturated carbocycles. The van der Waals surface area contributed by atoms with Crippen LogP contribution in [0, 0.1) is 6.92 Å². The van der Waals surface area contributed by atoms with Gasteiger partial charge in [-0.15, -0.1) is 5.10 Å². The number of ether oxygens (including phenoxy) is 1. The van der Waals surface area contributed by atoms with E-state index >= 15 is 0 Å². The maximum atomic E-state index is 5.93. The first-order chi connectivity index (χ1) is 10.3. The summed E-state index contributed by atoms with van der Waals surface area (Å²) in [5.41, 5.74) is 2.21. The number of hydrogen-bond donors (Lipinski definition) is 0. The van der Waals surface area contributed by atoms with Gasteiger partial charge in [0.1, 0.15) is 5.82 Å². The van der Waals surface area contributed by atoms with E-state index in [4.69, 9.17) is 4.74 Å². The topological polar surface area (TPSA) is 69.0 Å². The van der Waals surface area contributed by atoms with Crippen molar-refractivity contribution in [3.05, 3.63) is 35.7 Å². The number of nitrogens with zero attached hydrogens (tertiary/aromatic N) is 6. The molecule has 110 valence electrons. The lowest BCUT2D eigenvalue weighted by molar-refractivity contribution is -0.0670. The summed E-state index contributed by atoms with van der Waals surface area (Å²) in [4.78, 5) is 10.9. The summed E-state index contributed by atoms with van der Waals surface area (Å²) in [7, 11) is 0. The summed E-state index contributed by atoms with van der Waals surface area (Å²) in [6.45, 7) is 5.35. The highest BCUT2D eigenvalue weighted by atomic mass is 16.5. The van der Waals surface area contributed by atoms with Crippen molar-refractivity contribution in [1.82, 2.24) is 29.9 Å². The van der Waals surface area contributed by atoms with E-state index in [1.165, 1.54) is 0 Å². The molecule has 1 fully saturated rings. The molecule has 21 heavy (non-hydrogen) atoms. The molecule has 0 aromatic carbocycles. The lowest BCUT2D eigenvalue weighted by atomic mass is 10.00. The Morgan fingerprint density at radius 2 is 2.14 bits per heavy atom. The molecule has 0 spiro atoms. The van der Waals surface area contributed by atoms with Crippen LogP contribution in [0.5, 0.6) is 0 Å². The smallest absolute Gasteiger partial charge is 0.125 e. The van der Waals surface area contributed by atoms with Gasteiger partial charge in [-0.1, -0.05) is 5.21 Å². The molecular weight excluding hydrogens is 268 g/mol. The number of aryl methyl sites for hydroxylation is 1. The van der Waals surface area contributed by atoms with Crippen LogP contribution in [0.1, 0.15) is 29.5 Å². The van der Waals surface area contributed by atoms with Crippen LogP contribution < -0.4 is 0 Å². The van der Waals surface area contributed by atoms with Crippen LogP contribution in [-0.2, 0) is 17.9 Å². The number of piperidine rings is 1. The minimum Gasteiger partial charge on any atom is -0.370 e. The molecule has 0 amide bonds. The highest BCUT2D eigenvalue weighted by molar-refractivity contribution is 5.06. The van der Waals surface area contributed by atoms with E-state index in [9.17, 15) is 0 Å². The first-order valence-electron chi connectivity index (χ1n) is 7.30. The standard InChI is InChI=1S/C14H18N6O/c1-10-15-4-11(5-16-10)7-19-3-2-14-13(8-19)20-12(9-21-14)6-17-18-20/h4-6,13-14H,2-3,7-9H2,1H3/t13-,14+/m0/s1. The molecule has 0 bridgehead atoms. The number of fused-ring (bicyclic) bond motifs is 3. The summed E-state index contributed by atoms with van der Waals surface area (Å²) >= 11 is 0. The van der Waals surface area contributed by atoms with Crippen molar-refractivity contribution < 1.29 is 4.74 Å². The molecule has 0 N–H and O–H groups in total. The lowest BCUT2D eigenvalue weighted by Crippen LogP contribution is -2.47. The van der Waals surface area contributed by atoms with E-state index in [1.54, 1.807) is 6.20 Å². The Balaban J connectivity index is 1.49. The van der Waals surface area contributed by atoms with Gasteiger partial charge in [0.25, 0.3) is 0 Å². The third-order valence-electron chi connectivity index (χ3n) is 4.25. The van der Waals surface area contributed by atoms with E-state index in [-0.39, 0.29) is 12.1 Å². The van der Waals surface area contributed by atoms with Gasteiger partial charge in [-0.25, -0.2) is 14.6 Å². The Morgan fingerprint density at radius 3 is 3.00 bits per heavy atom. The van der Waals surface area contributed by atoms with Gasteiger partial charge in [-0.3, -0.25) is 4.90 Å².